The van der Waals surface area contributed by atoms with Gasteiger partial charge in [0.25, 0.3) is 0 Å². The van der Waals surface area contributed by atoms with Crippen molar-refractivity contribution >= 4 is 20.7 Å². The van der Waals surface area contributed by atoms with Gasteiger partial charge in [0.15, 0.2) is 0 Å². The molecule has 1 rings (SSSR count). The van der Waals surface area contributed by atoms with Crippen molar-refractivity contribution < 1.29 is 13.3 Å². The third-order valence-electron chi connectivity index (χ3n) is 3.25. The lowest BCUT2D eigenvalue weighted by Gasteiger charge is -2.24. The first-order valence-electron chi connectivity index (χ1n) is 6.68. The number of aryl methyl sites for hydroxylation is 1. The van der Waals surface area contributed by atoms with Crippen LogP contribution in [0.3, 0.4) is 0 Å². The summed E-state index contributed by atoms with van der Waals surface area (Å²) >= 11 is 0. The fourth-order valence-corrected chi connectivity index (χ4v) is 3.85. The predicted molar refractivity (Wildman–Crippen MR) is 78.9 cm³/mol. The minimum Gasteiger partial charge on any atom is -0.377 e. The molecular formula is C11H25N5O3Si. The second kappa shape index (κ2) is 8.20. The summed E-state index contributed by atoms with van der Waals surface area (Å²) in [5.74, 6) is 0.589. The van der Waals surface area contributed by atoms with Gasteiger partial charge in [-0.25, -0.2) is 4.68 Å². The van der Waals surface area contributed by atoms with E-state index in [4.69, 9.17) is 24.7 Å². The first kappa shape index (κ1) is 16.9. The van der Waals surface area contributed by atoms with Crippen molar-refractivity contribution in [3.05, 3.63) is 0 Å². The maximum atomic E-state index is 5.66. The SMILES string of the molecule is CO[Si](CCCCCCn1nc(N)nc1N)(OC)OC. The molecule has 0 saturated heterocycles. The average Bonchev–Trinajstić information content (AvgIpc) is 2.77. The fourth-order valence-electron chi connectivity index (χ4n) is 2.05. The number of anilines is 2. The highest BCUT2D eigenvalue weighted by Gasteiger charge is 2.36. The Labute approximate surface area is 120 Å². The summed E-state index contributed by atoms with van der Waals surface area (Å²) < 4.78 is 17.7. The lowest BCUT2D eigenvalue weighted by atomic mass is 10.2. The van der Waals surface area contributed by atoms with Gasteiger partial charge in [0.1, 0.15) is 0 Å². The van der Waals surface area contributed by atoms with E-state index in [1.54, 1.807) is 26.0 Å². The van der Waals surface area contributed by atoms with Gasteiger partial charge in [0.2, 0.25) is 11.9 Å². The van der Waals surface area contributed by atoms with Crippen molar-refractivity contribution in [1.29, 1.82) is 0 Å². The molecule has 0 bridgehead atoms. The van der Waals surface area contributed by atoms with Gasteiger partial charge in [-0.3, -0.25) is 0 Å². The van der Waals surface area contributed by atoms with Gasteiger partial charge in [0, 0.05) is 33.9 Å². The van der Waals surface area contributed by atoms with Gasteiger partial charge < -0.3 is 24.7 Å². The molecule has 0 radical (unpaired) electrons. The molecule has 4 N–H and O–H groups in total. The zero-order valence-corrected chi connectivity index (χ0v) is 13.5. The number of nitrogens with two attached hydrogens (primary N) is 2. The van der Waals surface area contributed by atoms with Crippen LogP contribution in [-0.2, 0) is 19.8 Å². The topological polar surface area (TPSA) is 110 Å². The first-order chi connectivity index (χ1) is 9.56. The van der Waals surface area contributed by atoms with Crippen molar-refractivity contribution in [3.8, 4) is 0 Å². The van der Waals surface area contributed by atoms with Crippen LogP contribution in [0.4, 0.5) is 11.9 Å². The number of nitrogens with zero attached hydrogens (tertiary/aromatic N) is 3. The molecule has 0 spiro atoms. The summed E-state index contributed by atoms with van der Waals surface area (Å²) in [7, 11) is 2.50. The lowest BCUT2D eigenvalue weighted by molar-refractivity contribution is 0.122. The molecule has 9 heteroatoms. The normalized spacial score (nSPS) is 11.9. The molecule has 1 aromatic heterocycles. The molecule has 0 aromatic carbocycles. The Morgan fingerprint density at radius 2 is 1.60 bits per heavy atom. The molecule has 0 aliphatic heterocycles. The lowest BCUT2D eigenvalue weighted by Crippen LogP contribution is -2.42. The standard InChI is InChI=1S/C11H25N5O3Si/c1-17-20(18-2,19-3)9-7-5-4-6-8-16-11(13)14-10(12)15-16/h4-9H2,1-3H3,(H4,12,13,14,15). The van der Waals surface area contributed by atoms with Crippen molar-refractivity contribution in [3.63, 3.8) is 0 Å². The van der Waals surface area contributed by atoms with Crippen molar-refractivity contribution in [2.24, 2.45) is 0 Å². The monoisotopic (exact) mass is 303 g/mol. The number of hydrogen-bond acceptors (Lipinski definition) is 7. The van der Waals surface area contributed by atoms with E-state index in [1.807, 2.05) is 0 Å². The summed E-state index contributed by atoms with van der Waals surface area (Å²) in [4.78, 5) is 3.86. The van der Waals surface area contributed by atoms with E-state index in [-0.39, 0.29) is 5.95 Å². The highest BCUT2D eigenvalue weighted by Crippen LogP contribution is 2.17. The Bertz CT molecular complexity index is 389. The maximum absolute atomic E-state index is 5.66. The van der Waals surface area contributed by atoms with Crippen LogP contribution in [0.2, 0.25) is 6.04 Å². The average molecular weight is 303 g/mol. The van der Waals surface area contributed by atoms with Crippen molar-refractivity contribution in [1.82, 2.24) is 14.8 Å². The van der Waals surface area contributed by atoms with Crippen LogP contribution in [0, 0.1) is 0 Å². The van der Waals surface area contributed by atoms with Crippen molar-refractivity contribution in [2.75, 3.05) is 32.8 Å². The Hall–Kier alpha value is -1.16. The summed E-state index contributed by atoms with van der Waals surface area (Å²) in [6.07, 6.45) is 4.14. The third-order valence-corrected chi connectivity index (χ3v) is 6.08. The number of hydrogen-bond donors (Lipinski definition) is 2. The largest absolute Gasteiger partial charge is 0.500 e. The molecular weight excluding hydrogens is 278 g/mol. The molecule has 1 aromatic rings. The Morgan fingerprint density at radius 3 is 2.10 bits per heavy atom. The summed E-state index contributed by atoms with van der Waals surface area (Å²) in [6.45, 7) is 0.734. The highest BCUT2D eigenvalue weighted by atomic mass is 28.4. The summed E-state index contributed by atoms with van der Waals surface area (Å²) in [5, 5.41) is 4.01. The zero-order chi connectivity index (χ0) is 15.0. The molecule has 0 aliphatic rings. The van der Waals surface area contributed by atoms with Crippen LogP contribution in [0.25, 0.3) is 0 Å². The Kier molecular flexibility index (Phi) is 6.92. The van der Waals surface area contributed by atoms with E-state index in [2.05, 4.69) is 10.1 Å². The van der Waals surface area contributed by atoms with Gasteiger partial charge in [-0.1, -0.05) is 12.8 Å². The van der Waals surface area contributed by atoms with Crippen LogP contribution >= 0.6 is 0 Å². The molecule has 20 heavy (non-hydrogen) atoms. The molecule has 0 unspecified atom stereocenters. The number of nitrogen functional groups attached to an aromatic ring is 2. The molecule has 1 heterocycles. The van der Waals surface area contributed by atoms with Crippen LogP contribution in [0.5, 0.6) is 0 Å². The highest BCUT2D eigenvalue weighted by molar-refractivity contribution is 6.60. The first-order valence-corrected chi connectivity index (χ1v) is 8.61. The zero-order valence-electron chi connectivity index (χ0n) is 12.5. The van der Waals surface area contributed by atoms with Crippen LogP contribution in [0.15, 0.2) is 0 Å². The van der Waals surface area contributed by atoms with E-state index < -0.39 is 8.80 Å². The minimum absolute atomic E-state index is 0.221. The predicted octanol–water partition coefficient (Wildman–Crippen LogP) is 0.881. The molecule has 0 aliphatic carbocycles. The van der Waals surface area contributed by atoms with Crippen LogP contribution < -0.4 is 11.5 Å². The quantitative estimate of drug-likeness (QED) is 0.487. The summed E-state index contributed by atoms with van der Waals surface area (Å²) in [6, 6.07) is 0.828. The van der Waals surface area contributed by atoms with Gasteiger partial charge in [0.05, 0.1) is 0 Å². The number of aromatic nitrogens is 3. The van der Waals surface area contributed by atoms with Crippen molar-refractivity contribution in [2.45, 2.75) is 38.3 Å². The van der Waals surface area contributed by atoms with Gasteiger partial charge in [-0.15, -0.1) is 5.10 Å². The van der Waals surface area contributed by atoms with E-state index in [1.165, 1.54) is 0 Å². The number of unbranched alkanes of at least 4 members (excludes halogenated alkanes) is 3. The molecule has 116 valence electrons. The minimum atomic E-state index is -2.41. The van der Waals surface area contributed by atoms with Gasteiger partial charge in [-0.2, -0.15) is 4.98 Å². The summed E-state index contributed by atoms with van der Waals surface area (Å²) in [5.41, 5.74) is 11.1. The molecule has 0 fully saturated rings. The molecule has 8 nitrogen and oxygen atoms in total. The third kappa shape index (κ3) is 4.74. The Morgan fingerprint density at radius 1 is 1.00 bits per heavy atom. The van der Waals surface area contributed by atoms with E-state index in [0.29, 0.717) is 5.95 Å². The molecule has 0 atom stereocenters. The molecule has 0 amide bonds. The smallest absolute Gasteiger partial charge is 0.377 e. The van der Waals surface area contributed by atoms with E-state index >= 15 is 0 Å². The number of rotatable bonds is 10. The van der Waals surface area contributed by atoms with Crippen LogP contribution in [0.1, 0.15) is 25.7 Å². The van der Waals surface area contributed by atoms with E-state index in [9.17, 15) is 0 Å². The molecule has 0 saturated carbocycles. The second-order valence-electron chi connectivity index (χ2n) is 4.51. The van der Waals surface area contributed by atoms with Crippen LogP contribution in [-0.4, -0.2) is 44.9 Å². The van der Waals surface area contributed by atoms with Gasteiger partial charge in [-0.05, 0) is 12.8 Å². The maximum Gasteiger partial charge on any atom is 0.500 e. The van der Waals surface area contributed by atoms with E-state index in [0.717, 1.165) is 38.3 Å². The fraction of sp³-hybridized carbons (Fsp3) is 0.818. The second-order valence-corrected chi connectivity index (χ2v) is 7.60. The Balaban J connectivity index is 2.18. The van der Waals surface area contributed by atoms with Gasteiger partial charge >= 0.3 is 8.80 Å².